The van der Waals surface area contributed by atoms with E-state index >= 15 is 0 Å². The van der Waals surface area contributed by atoms with Gasteiger partial charge in [-0.1, -0.05) is 30.3 Å². The normalized spacial score (nSPS) is 21.4. The Bertz CT molecular complexity index is 911. The van der Waals surface area contributed by atoms with Crippen LogP contribution in [0.25, 0.3) is 11.1 Å². The molecule has 2 heterocycles. The molecule has 1 atom stereocenters. The molecule has 0 radical (unpaired) electrons. The largest absolute Gasteiger partial charge is 0.391 e. The van der Waals surface area contributed by atoms with E-state index in [-0.39, 0.29) is 5.91 Å². The van der Waals surface area contributed by atoms with Gasteiger partial charge in [-0.25, -0.2) is 8.78 Å². The number of hydrogen-bond acceptors (Lipinski definition) is 3. The molecule has 0 unspecified atom stereocenters. The van der Waals surface area contributed by atoms with Crippen molar-refractivity contribution < 1.29 is 23.4 Å². The van der Waals surface area contributed by atoms with Gasteiger partial charge in [-0.2, -0.15) is 0 Å². The zero-order valence-electron chi connectivity index (χ0n) is 16.9. The van der Waals surface area contributed by atoms with E-state index < -0.39 is 23.2 Å². The van der Waals surface area contributed by atoms with E-state index in [4.69, 9.17) is 4.74 Å². The molecule has 6 heteroatoms. The van der Waals surface area contributed by atoms with Crippen LogP contribution in [0.1, 0.15) is 31.2 Å². The Morgan fingerprint density at radius 2 is 1.87 bits per heavy atom. The monoisotopic (exact) mass is 415 g/mol. The van der Waals surface area contributed by atoms with Crippen molar-refractivity contribution in [2.24, 2.45) is 5.41 Å². The lowest BCUT2D eigenvalue weighted by atomic mass is 9.73. The van der Waals surface area contributed by atoms with Crippen LogP contribution in [0, 0.1) is 17.0 Å². The van der Waals surface area contributed by atoms with E-state index in [2.05, 4.69) is 0 Å². The first-order valence-corrected chi connectivity index (χ1v) is 10.6. The maximum absolute atomic E-state index is 13.7. The van der Waals surface area contributed by atoms with Crippen molar-refractivity contribution in [1.82, 2.24) is 4.90 Å². The number of hydrogen-bond donors (Lipinski definition) is 1. The molecule has 2 aliphatic rings. The van der Waals surface area contributed by atoms with Gasteiger partial charge in [-0.3, -0.25) is 4.79 Å². The molecule has 2 aromatic carbocycles. The standard InChI is InChI=1S/C24H27F2NO3/c25-21-7-6-19(14-22(21)26)18-4-1-3-17(13-18)15-24(8-11-30-12-9-24)23(29)27-10-2-5-20(28)16-27/h1,3-4,6-7,13-14,20,28H,2,5,8-12,15-16H2/t20-/m1/s1. The highest BCUT2D eigenvalue weighted by molar-refractivity contribution is 5.83. The first-order chi connectivity index (χ1) is 14.5. The second-order valence-electron chi connectivity index (χ2n) is 8.45. The van der Waals surface area contributed by atoms with Gasteiger partial charge in [0, 0.05) is 26.3 Å². The molecule has 2 aliphatic heterocycles. The Labute approximate surface area is 175 Å². The predicted octanol–water partition coefficient (Wildman–Crippen LogP) is 3.95. The fraction of sp³-hybridized carbons (Fsp3) is 0.458. The molecule has 30 heavy (non-hydrogen) atoms. The van der Waals surface area contributed by atoms with Gasteiger partial charge < -0.3 is 14.7 Å². The molecule has 4 rings (SSSR count). The summed E-state index contributed by atoms with van der Waals surface area (Å²) >= 11 is 0. The number of rotatable bonds is 4. The quantitative estimate of drug-likeness (QED) is 0.823. The second-order valence-corrected chi connectivity index (χ2v) is 8.45. The number of piperidine rings is 1. The first-order valence-electron chi connectivity index (χ1n) is 10.6. The fourth-order valence-corrected chi connectivity index (χ4v) is 4.63. The summed E-state index contributed by atoms with van der Waals surface area (Å²) in [6, 6.07) is 11.5. The number of halogens is 2. The van der Waals surface area contributed by atoms with Crippen LogP contribution >= 0.6 is 0 Å². The minimum absolute atomic E-state index is 0.0859. The molecule has 0 spiro atoms. The van der Waals surface area contributed by atoms with Gasteiger partial charge in [0.05, 0.1) is 11.5 Å². The molecule has 0 saturated carbocycles. The number of likely N-dealkylation sites (tertiary alicyclic amines) is 1. The summed E-state index contributed by atoms with van der Waals surface area (Å²) in [7, 11) is 0. The maximum Gasteiger partial charge on any atom is 0.229 e. The van der Waals surface area contributed by atoms with Crippen molar-refractivity contribution in [2.45, 2.75) is 38.2 Å². The zero-order valence-corrected chi connectivity index (χ0v) is 16.9. The molecule has 160 valence electrons. The number of aliphatic hydroxyl groups excluding tert-OH is 1. The highest BCUT2D eigenvalue weighted by Gasteiger charge is 2.43. The van der Waals surface area contributed by atoms with Crippen LogP contribution in [-0.4, -0.2) is 48.3 Å². The lowest BCUT2D eigenvalue weighted by Gasteiger charge is -2.42. The summed E-state index contributed by atoms with van der Waals surface area (Å²) in [4.78, 5) is 15.3. The summed E-state index contributed by atoms with van der Waals surface area (Å²) in [6.45, 7) is 2.12. The zero-order chi connectivity index (χ0) is 21.1. The van der Waals surface area contributed by atoms with Gasteiger partial charge in [-0.05, 0) is 60.9 Å². The van der Waals surface area contributed by atoms with Crippen LogP contribution in [0.15, 0.2) is 42.5 Å². The van der Waals surface area contributed by atoms with Crippen LogP contribution in [0.5, 0.6) is 0 Å². The molecule has 0 aromatic heterocycles. The third kappa shape index (κ3) is 4.40. The van der Waals surface area contributed by atoms with Gasteiger partial charge in [-0.15, -0.1) is 0 Å². The molecule has 4 nitrogen and oxygen atoms in total. The average molecular weight is 415 g/mol. The summed E-state index contributed by atoms with van der Waals surface area (Å²) in [5.74, 6) is -1.66. The van der Waals surface area contributed by atoms with Crippen molar-refractivity contribution in [2.75, 3.05) is 26.3 Å². The van der Waals surface area contributed by atoms with E-state index in [9.17, 15) is 18.7 Å². The smallest absolute Gasteiger partial charge is 0.229 e. The summed E-state index contributed by atoms with van der Waals surface area (Å²) in [5.41, 5.74) is 1.80. The molecular formula is C24H27F2NO3. The molecule has 2 fully saturated rings. The number of aliphatic hydroxyl groups is 1. The highest BCUT2D eigenvalue weighted by Crippen LogP contribution is 2.38. The summed E-state index contributed by atoms with van der Waals surface area (Å²) < 4.78 is 32.5. The molecule has 1 N–H and O–H groups in total. The Morgan fingerprint density at radius 1 is 1.10 bits per heavy atom. The highest BCUT2D eigenvalue weighted by atomic mass is 19.2. The third-order valence-corrected chi connectivity index (χ3v) is 6.31. The predicted molar refractivity (Wildman–Crippen MR) is 110 cm³/mol. The molecule has 2 saturated heterocycles. The van der Waals surface area contributed by atoms with Gasteiger partial charge in [0.1, 0.15) is 0 Å². The van der Waals surface area contributed by atoms with Crippen LogP contribution in [0.3, 0.4) is 0 Å². The van der Waals surface area contributed by atoms with Crippen molar-refractivity contribution in [1.29, 1.82) is 0 Å². The fourth-order valence-electron chi connectivity index (χ4n) is 4.63. The molecule has 0 bridgehead atoms. The lowest BCUT2D eigenvalue weighted by Crippen LogP contribution is -2.52. The van der Waals surface area contributed by atoms with E-state index in [0.29, 0.717) is 51.1 Å². The van der Waals surface area contributed by atoms with Crippen molar-refractivity contribution in [3.05, 3.63) is 59.7 Å². The Balaban J connectivity index is 1.60. The minimum Gasteiger partial charge on any atom is -0.391 e. The second kappa shape index (κ2) is 8.82. The SMILES string of the molecule is O=C(N1CCC[C@@H](O)C1)C1(Cc2cccc(-c3ccc(F)c(F)c3)c2)CCOCC1. The molecule has 0 aliphatic carbocycles. The van der Waals surface area contributed by atoms with E-state index in [0.717, 1.165) is 30.0 Å². The number of carbonyl (C=O) groups excluding carboxylic acids is 1. The van der Waals surface area contributed by atoms with Gasteiger partial charge >= 0.3 is 0 Å². The van der Waals surface area contributed by atoms with Crippen molar-refractivity contribution >= 4 is 5.91 Å². The lowest BCUT2D eigenvalue weighted by molar-refractivity contribution is -0.151. The number of benzene rings is 2. The number of carbonyl (C=O) groups is 1. The number of amides is 1. The molecule has 1 amide bonds. The molecular weight excluding hydrogens is 388 g/mol. The van der Waals surface area contributed by atoms with Gasteiger partial charge in [0.2, 0.25) is 5.91 Å². The Morgan fingerprint density at radius 3 is 2.60 bits per heavy atom. The van der Waals surface area contributed by atoms with E-state index in [1.54, 1.807) is 11.0 Å². The summed E-state index contributed by atoms with van der Waals surface area (Å²) in [6.07, 6.45) is 2.90. The first kappa shape index (κ1) is 20.9. The number of ether oxygens (including phenoxy) is 1. The van der Waals surface area contributed by atoms with Crippen molar-refractivity contribution in [3.8, 4) is 11.1 Å². The van der Waals surface area contributed by atoms with Gasteiger partial charge in [0.25, 0.3) is 0 Å². The third-order valence-electron chi connectivity index (χ3n) is 6.31. The van der Waals surface area contributed by atoms with Crippen LogP contribution < -0.4 is 0 Å². The van der Waals surface area contributed by atoms with Gasteiger partial charge in [0.15, 0.2) is 11.6 Å². The average Bonchev–Trinajstić information content (AvgIpc) is 2.76. The Kier molecular flexibility index (Phi) is 6.16. The maximum atomic E-state index is 13.7. The van der Waals surface area contributed by atoms with Crippen LogP contribution in [-0.2, 0) is 16.0 Å². The van der Waals surface area contributed by atoms with Crippen molar-refractivity contribution in [3.63, 3.8) is 0 Å². The Hall–Kier alpha value is -2.31. The van der Waals surface area contributed by atoms with Crippen LogP contribution in [0.2, 0.25) is 0 Å². The topological polar surface area (TPSA) is 49.8 Å². The minimum atomic E-state index is -0.877. The molecule has 2 aromatic rings. The summed E-state index contributed by atoms with van der Waals surface area (Å²) in [5, 5.41) is 10.0. The van der Waals surface area contributed by atoms with E-state index in [1.807, 2.05) is 24.3 Å². The van der Waals surface area contributed by atoms with E-state index in [1.165, 1.54) is 6.07 Å². The number of β-amino-alcohol motifs (C(OH)–C–C–N with tert-alkyl or cyclic N) is 1. The van der Waals surface area contributed by atoms with Crippen LogP contribution in [0.4, 0.5) is 8.78 Å². The number of nitrogens with zero attached hydrogens (tertiary/aromatic N) is 1.